The number of imidazole rings is 1. The lowest BCUT2D eigenvalue weighted by molar-refractivity contribution is 0.206. The van der Waals surface area contributed by atoms with Crippen LogP contribution in [-0.2, 0) is 16.3 Å². The van der Waals surface area contributed by atoms with Gasteiger partial charge in [0.1, 0.15) is 15.7 Å². The van der Waals surface area contributed by atoms with Crippen molar-refractivity contribution >= 4 is 9.84 Å². The molecule has 3 heterocycles. The number of nitrogens with zero attached hydrogens (tertiary/aromatic N) is 2. The van der Waals surface area contributed by atoms with E-state index in [9.17, 15) is 13.5 Å². The molecular formula is C13H20N2O3S. The van der Waals surface area contributed by atoms with Gasteiger partial charge in [0.2, 0.25) is 0 Å². The van der Waals surface area contributed by atoms with Crippen LogP contribution in [0, 0.1) is 0 Å². The summed E-state index contributed by atoms with van der Waals surface area (Å²) >= 11 is 0. The second kappa shape index (κ2) is 4.90. The molecule has 0 aliphatic carbocycles. The van der Waals surface area contributed by atoms with E-state index in [-0.39, 0.29) is 30.1 Å². The molecule has 0 aromatic carbocycles. The molecule has 0 spiro atoms. The van der Waals surface area contributed by atoms with Crippen LogP contribution in [-0.4, -0.2) is 41.2 Å². The van der Waals surface area contributed by atoms with Gasteiger partial charge in [0.05, 0.1) is 29.8 Å². The Morgan fingerprint density at radius 3 is 2.74 bits per heavy atom. The number of sulfone groups is 1. The van der Waals surface area contributed by atoms with Crippen molar-refractivity contribution in [3.8, 4) is 0 Å². The molecular weight excluding hydrogens is 264 g/mol. The molecule has 5 nitrogen and oxygen atoms in total. The second-order valence-corrected chi connectivity index (χ2v) is 7.95. The van der Waals surface area contributed by atoms with Gasteiger partial charge in [-0.2, -0.15) is 0 Å². The lowest BCUT2D eigenvalue weighted by atomic mass is 10.00. The summed E-state index contributed by atoms with van der Waals surface area (Å²) in [6.45, 7) is 0.155. The fraction of sp³-hybridized carbons (Fsp3) is 0.769. The molecule has 0 amide bonds. The standard InChI is InChI=1S/C13H20N2O3S/c16-9-11-2-1-3-13-14-12(8-15(11)13)10-4-6-19(17,18)7-5-10/h8,10-11,16H,1-7,9H2. The van der Waals surface area contributed by atoms with Crippen molar-refractivity contribution in [2.75, 3.05) is 18.1 Å². The van der Waals surface area contributed by atoms with Crippen LogP contribution in [0.25, 0.3) is 0 Å². The van der Waals surface area contributed by atoms with E-state index in [0.717, 1.165) is 30.8 Å². The zero-order chi connectivity index (χ0) is 13.5. The van der Waals surface area contributed by atoms with Gasteiger partial charge in [0, 0.05) is 18.5 Å². The third-order valence-electron chi connectivity index (χ3n) is 4.34. The predicted molar refractivity (Wildman–Crippen MR) is 71.9 cm³/mol. The van der Waals surface area contributed by atoms with E-state index in [1.165, 1.54) is 0 Å². The molecule has 106 valence electrons. The topological polar surface area (TPSA) is 72.2 Å². The highest BCUT2D eigenvalue weighted by Gasteiger charge is 2.28. The summed E-state index contributed by atoms with van der Waals surface area (Å²) in [5.41, 5.74) is 1.02. The smallest absolute Gasteiger partial charge is 0.150 e. The molecule has 0 bridgehead atoms. The van der Waals surface area contributed by atoms with Crippen LogP contribution in [0.15, 0.2) is 6.20 Å². The largest absolute Gasteiger partial charge is 0.394 e. The first-order valence-corrected chi connectivity index (χ1v) is 8.80. The quantitative estimate of drug-likeness (QED) is 0.881. The van der Waals surface area contributed by atoms with Crippen LogP contribution in [0.3, 0.4) is 0 Å². The number of aryl methyl sites for hydroxylation is 1. The van der Waals surface area contributed by atoms with E-state index >= 15 is 0 Å². The predicted octanol–water partition coefficient (Wildman–Crippen LogP) is 1.05. The van der Waals surface area contributed by atoms with Crippen molar-refractivity contribution in [1.82, 2.24) is 9.55 Å². The molecule has 3 rings (SSSR count). The fourth-order valence-corrected chi connectivity index (χ4v) is 4.64. The number of aromatic nitrogens is 2. The van der Waals surface area contributed by atoms with Crippen LogP contribution in [0.1, 0.15) is 49.2 Å². The molecule has 2 aliphatic heterocycles. The van der Waals surface area contributed by atoms with Crippen molar-refractivity contribution in [1.29, 1.82) is 0 Å². The average molecular weight is 284 g/mol. The van der Waals surface area contributed by atoms with Crippen LogP contribution in [0.4, 0.5) is 0 Å². The van der Waals surface area contributed by atoms with Gasteiger partial charge >= 0.3 is 0 Å². The second-order valence-electron chi connectivity index (χ2n) is 5.64. The molecule has 1 saturated heterocycles. The normalized spacial score (nSPS) is 27.1. The van der Waals surface area contributed by atoms with Crippen molar-refractivity contribution in [3.05, 3.63) is 17.7 Å². The number of aliphatic hydroxyl groups excluding tert-OH is 1. The highest BCUT2D eigenvalue weighted by atomic mass is 32.2. The van der Waals surface area contributed by atoms with Crippen molar-refractivity contribution in [2.24, 2.45) is 0 Å². The Morgan fingerprint density at radius 1 is 1.32 bits per heavy atom. The van der Waals surface area contributed by atoms with E-state index in [4.69, 9.17) is 0 Å². The minimum Gasteiger partial charge on any atom is -0.394 e. The number of aliphatic hydroxyl groups is 1. The number of hydrogen-bond acceptors (Lipinski definition) is 4. The van der Waals surface area contributed by atoms with Gasteiger partial charge in [0.25, 0.3) is 0 Å². The Hall–Kier alpha value is -0.880. The van der Waals surface area contributed by atoms with E-state index in [1.54, 1.807) is 0 Å². The maximum Gasteiger partial charge on any atom is 0.150 e. The summed E-state index contributed by atoms with van der Waals surface area (Å²) in [5.74, 6) is 1.88. The van der Waals surface area contributed by atoms with E-state index in [1.807, 2.05) is 6.20 Å². The highest BCUT2D eigenvalue weighted by molar-refractivity contribution is 7.91. The van der Waals surface area contributed by atoms with Gasteiger partial charge in [0.15, 0.2) is 0 Å². The Bertz CT molecular complexity index is 550. The molecule has 1 fully saturated rings. The van der Waals surface area contributed by atoms with Crippen LogP contribution < -0.4 is 0 Å². The molecule has 1 unspecified atom stereocenters. The first kappa shape index (κ1) is 13.1. The molecule has 19 heavy (non-hydrogen) atoms. The van der Waals surface area contributed by atoms with E-state index < -0.39 is 9.84 Å². The summed E-state index contributed by atoms with van der Waals surface area (Å²) < 4.78 is 25.0. The Balaban J connectivity index is 1.81. The van der Waals surface area contributed by atoms with Gasteiger partial charge in [-0.05, 0) is 25.7 Å². The summed E-state index contributed by atoms with van der Waals surface area (Å²) in [7, 11) is -2.82. The van der Waals surface area contributed by atoms with Crippen LogP contribution in [0.5, 0.6) is 0 Å². The number of hydrogen-bond donors (Lipinski definition) is 1. The Morgan fingerprint density at radius 2 is 2.05 bits per heavy atom. The fourth-order valence-electron chi connectivity index (χ4n) is 3.15. The molecule has 1 aromatic heterocycles. The summed E-state index contributed by atoms with van der Waals surface area (Å²) in [5, 5.41) is 9.40. The van der Waals surface area contributed by atoms with Gasteiger partial charge in [-0.15, -0.1) is 0 Å². The lowest BCUT2D eigenvalue weighted by Crippen LogP contribution is -2.22. The van der Waals surface area contributed by atoms with Crippen LogP contribution >= 0.6 is 0 Å². The Kier molecular flexibility index (Phi) is 3.39. The molecule has 6 heteroatoms. The van der Waals surface area contributed by atoms with Crippen molar-refractivity contribution in [2.45, 2.75) is 44.1 Å². The Labute approximate surface area is 113 Å². The van der Waals surface area contributed by atoms with Gasteiger partial charge in [-0.3, -0.25) is 0 Å². The number of rotatable bonds is 2. The molecule has 0 saturated carbocycles. The lowest BCUT2D eigenvalue weighted by Gasteiger charge is -2.23. The van der Waals surface area contributed by atoms with Gasteiger partial charge < -0.3 is 9.67 Å². The van der Waals surface area contributed by atoms with Crippen molar-refractivity contribution in [3.63, 3.8) is 0 Å². The van der Waals surface area contributed by atoms with E-state index in [0.29, 0.717) is 12.8 Å². The van der Waals surface area contributed by atoms with Crippen LogP contribution in [0.2, 0.25) is 0 Å². The maximum atomic E-state index is 11.5. The molecule has 1 atom stereocenters. The molecule has 0 radical (unpaired) electrons. The first-order valence-electron chi connectivity index (χ1n) is 6.98. The molecule has 1 aromatic rings. The van der Waals surface area contributed by atoms with Gasteiger partial charge in [-0.1, -0.05) is 0 Å². The average Bonchev–Trinajstić information content (AvgIpc) is 2.82. The zero-order valence-electron chi connectivity index (χ0n) is 11.0. The maximum absolute atomic E-state index is 11.5. The first-order chi connectivity index (χ1) is 9.09. The third-order valence-corrected chi connectivity index (χ3v) is 6.06. The SMILES string of the molecule is O=S1(=O)CCC(c2cn3c(n2)CCCC3CO)CC1. The number of fused-ring (bicyclic) bond motifs is 1. The minimum atomic E-state index is -2.82. The summed E-state index contributed by atoms with van der Waals surface area (Å²) in [6, 6.07) is 0.150. The highest BCUT2D eigenvalue weighted by Crippen LogP contribution is 2.32. The zero-order valence-corrected chi connectivity index (χ0v) is 11.8. The summed E-state index contributed by atoms with van der Waals surface area (Å²) in [4.78, 5) is 4.68. The van der Waals surface area contributed by atoms with Crippen molar-refractivity contribution < 1.29 is 13.5 Å². The third kappa shape index (κ3) is 2.56. The minimum absolute atomic E-state index is 0.150. The monoisotopic (exact) mass is 284 g/mol. The van der Waals surface area contributed by atoms with Gasteiger partial charge in [-0.25, -0.2) is 13.4 Å². The van der Waals surface area contributed by atoms with E-state index in [2.05, 4.69) is 9.55 Å². The molecule has 2 aliphatic rings. The summed E-state index contributed by atoms with van der Waals surface area (Å²) in [6.07, 6.45) is 6.43. The molecule has 1 N–H and O–H groups in total.